The molecule has 0 amide bonds. The second kappa shape index (κ2) is 8.65. The predicted octanol–water partition coefficient (Wildman–Crippen LogP) is 6.17. The molecular weight excluding hydrogens is 408 g/mol. The third kappa shape index (κ3) is 5.66. The number of aryl methyl sites for hydroxylation is 1. The number of hydrogen-bond acceptors (Lipinski definition) is 6. The van der Waals surface area contributed by atoms with E-state index in [0.717, 1.165) is 5.56 Å². The zero-order valence-electron chi connectivity index (χ0n) is 19.6. The maximum absolute atomic E-state index is 13.2. The molecule has 1 atom stereocenters. The molecule has 0 aliphatic carbocycles. The van der Waals surface area contributed by atoms with E-state index in [1.54, 1.807) is 53.7 Å². The van der Waals surface area contributed by atoms with Gasteiger partial charge >= 0.3 is 12.2 Å². The minimum atomic E-state index is -0.980. The first-order valence-electron chi connectivity index (χ1n) is 10.5. The Balaban J connectivity index is 2.18. The topological polar surface area (TPSA) is 79.7 Å². The zero-order chi connectivity index (χ0) is 23.7. The van der Waals surface area contributed by atoms with Gasteiger partial charge in [0, 0.05) is 5.56 Å². The van der Waals surface area contributed by atoms with Crippen LogP contribution in [0.5, 0.6) is 0 Å². The first-order chi connectivity index (χ1) is 14.8. The van der Waals surface area contributed by atoms with Crippen molar-refractivity contribution in [2.45, 2.75) is 65.8 Å². The van der Waals surface area contributed by atoms with Crippen LogP contribution in [-0.4, -0.2) is 33.0 Å². The standard InChI is InChI=1S/C25H30N2O5/c1-16-13-14-18-19(15-16)27(22(28)31-24(2,3)4)21(26-18)20(17-11-9-8-10-12-17)30-23(29)32-25(5,6)7/h8-15,20H,1-7H3. The highest BCUT2D eigenvalue weighted by Gasteiger charge is 2.32. The van der Waals surface area contributed by atoms with Gasteiger partial charge < -0.3 is 14.2 Å². The van der Waals surface area contributed by atoms with Gasteiger partial charge in [0.05, 0.1) is 11.0 Å². The summed E-state index contributed by atoms with van der Waals surface area (Å²) in [6.07, 6.45) is -2.44. The van der Waals surface area contributed by atoms with Crippen LogP contribution in [0.25, 0.3) is 11.0 Å². The Morgan fingerprint density at radius 3 is 2.12 bits per heavy atom. The van der Waals surface area contributed by atoms with Gasteiger partial charge in [0.2, 0.25) is 0 Å². The van der Waals surface area contributed by atoms with E-state index in [9.17, 15) is 9.59 Å². The summed E-state index contributed by atoms with van der Waals surface area (Å²) in [7, 11) is 0. The molecule has 0 bridgehead atoms. The number of ether oxygens (including phenoxy) is 3. The monoisotopic (exact) mass is 438 g/mol. The summed E-state index contributed by atoms with van der Waals surface area (Å²) in [6.45, 7) is 12.6. The van der Waals surface area contributed by atoms with Crippen LogP contribution in [0.15, 0.2) is 48.5 Å². The third-order valence-corrected chi connectivity index (χ3v) is 4.35. The normalized spacial score (nSPS) is 13.0. The molecule has 3 aromatic rings. The average Bonchev–Trinajstić information content (AvgIpc) is 3.02. The van der Waals surface area contributed by atoms with Crippen molar-refractivity contribution in [1.82, 2.24) is 9.55 Å². The van der Waals surface area contributed by atoms with Crippen molar-refractivity contribution in [3.63, 3.8) is 0 Å². The predicted molar refractivity (Wildman–Crippen MR) is 122 cm³/mol. The number of hydrogen-bond donors (Lipinski definition) is 0. The molecule has 0 N–H and O–H groups in total. The highest BCUT2D eigenvalue weighted by molar-refractivity contribution is 5.88. The lowest BCUT2D eigenvalue weighted by molar-refractivity contribution is -0.0223. The lowest BCUT2D eigenvalue weighted by atomic mass is 10.1. The first-order valence-corrected chi connectivity index (χ1v) is 10.5. The number of nitrogens with zero attached hydrogens (tertiary/aromatic N) is 2. The van der Waals surface area contributed by atoms with Crippen LogP contribution in [0, 0.1) is 6.92 Å². The van der Waals surface area contributed by atoms with Crippen molar-refractivity contribution in [2.75, 3.05) is 0 Å². The molecule has 0 aliphatic heterocycles. The summed E-state index contributed by atoms with van der Waals surface area (Å²) in [6, 6.07) is 14.7. The van der Waals surface area contributed by atoms with Crippen LogP contribution in [-0.2, 0) is 14.2 Å². The molecule has 0 aliphatic rings. The van der Waals surface area contributed by atoms with Gasteiger partial charge in [-0.2, -0.15) is 0 Å². The molecule has 1 aromatic heterocycles. The number of rotatable bonds is 3. The molecule has 0 saturated heterocycles. The summed E-state index contributed by atoms with van der Waals surface area (Å²) in [4.78, 5) is 30.5. The van der Waals surface area contributed by atoms with Gasteiger partial charge in [-0.05, 0) is 66.2 Å². The minimum Gasteiger partial charge on any atom is -0.443 e. The van der Waals surface area contributed by atoms with Crippen LogP contribution >= 0.6 is 0 Å². The molecule has 3 rings (SSSR count). The summed E-state index contributed by atoms with van der Waals surface area (Å²) in [5.41, 5.74) is 1.31. The van der Waals surface area contributed by atoms with Gasteiger partial charge in [-0.25, -0.2) is 19.1 Å². The van der Waals surface area contributed by atoms with E-state index in [2.05, 4.69) is 4.98 Å². The fourth-order valence-electron chi connectivity index (χ4n) is 3.15. The molecular formula is C25H30N2O5. The molecule has 170 valence electrons. The molecule has 0 spiro atoms. The van der Waals surface area contributed by atoms with Crippen molar-refractivity contribution in [2.24, 2.45) is 0 Å². The Bertz CT molecular complexity index is 1120. The average molecular weight is 439 g/mol. The molecule has 7 nitrogen and oxygen atoms in total. The Morgan fingerprint density at radius 2 is 1.53 bits per heavy atom. The van der Waals surface area contributed by atoms with E-state index in [1.807, 2.05) is 43.3 Å². The minimum absolute atomic E-state index is 0.233. The van der Waals surface area contributed by atoms with Crippen LogP contribution in [0.2, 0.25) is 0 Å². The smallest absolute Gasteiger partial charge is 0.443 e. The fraction of sp³-hybridized carbons (Fsp3) is 0.400. The second-order valence-corrected chi connectivity index (χ2v) is 9.65. The third-order valence-electron chi connectivity index (χ3n) is 4.35. The van der Waals surface area contributed by atoms with Gasteiger partial charge in [-0.15, -0.1) is 0 Å². The second-order valence-electron chi connectivity index (χ2n) is 9.65. The number of carbonyl (C=O) groups is 2. The highest BCUT2D eigenvalue weighted by Crippen LogP contribution is 2.31. The molecule has 7 heteroatoms. The summed E-state index contributed by atoms with van der Waals surface area (Å²) in [5.74, 6) is 0.233. The van der Waals surface area contributed by atoms with Crippen LogP contribution in [0.4, 0.5) is 9.59 Å². The zero-order valence-corrected chi connectivity index (χ0v) is 19.6. The molecule has 32 heavy (non-hydrogen) atoms. The molecule has 1 heterocycles. The first kappa shape index (κ1) is 23.3. The van der Waals surface area contributed by atoms with E-state index in [0.29, 0.717) is 16.6 Å². The Hall–Kier alpha value is -3.35. The number of fused-ring (bicyclic) bond motifs is 1. The highest BCUT2D eigenvalue weighted by atomic mass is 16.7. The van der Waals surface area contributed by atoms with Crippen molar-refractivity contribution >= 4 is 23.3 Å². The van der Waals surface area contributed by atoms with Gasteiger partial charge in [-0.1, -0.05) is 36.4 Å². The quantitative estimate of drug-likeness (QED) is 0.455. The SMILES string of the molecule is Cc1ccc2nc(C(OC(=O)OC(C)(C)C)c3ccccc3)n(C(=O)OC(C)(C)C)c2c1. The Kier molecular flexibility index (Phi) is 6.30. The summed E-state index contributed by atoms with van der Waals surface area (Å²) >= 11 is 0. The van der Waals surface area contributed by atoms with E-state index in [4.69, 9.17) is 14.2 Å². The maximum atomic E-state index is 13.2. The Morgan fingerprint density at radius 1 is 0.906 bits per heavy atom. The molecule has 0 fully saturated rings. The summed E-state index contributed by atoms with van der Waals surface area (Å²) < 4.78 is 18.1. The number of benzene rings is 2. The molecule has 0 saturated carbocycles. The van der Waals surface area contributed by atoms with Crippen molar-refractivity contribution in [3.8, 4) is 0 Å². The van der Waals surface area contributed by atoms with Crippen molar-refractivity contribution in [3.05, 3.63) is 65.5 Å². The van der Waals surface area contributed by atoms with Crippen molar-refractivity contribution < 1.29 is 23.8 Å². The Labute approximate surface area is 188 Å². The van der Waals surface area contributed by atoms with E-state index < -0.39 is 29.6 Å². The maximum Gasteiger partial charge on any atom is 0.509 e. The van der Waals surface area contributed by atoms with Gasteiger partial charge in [0.25, 0.3) is 0 Å². The van der Waals surface area contributed by atoms with Gasteiger partial charge in [0.15, 0.2) is 11.9 Å². The van der Waals surface area contributed by atoms with Crippen LogP contribution < -0.4 is 0 Å². The number of aromatic nitrogens is 2. The largest absolute Gasteiger partial charge is 0.509 e. The van der Waals surface area contributed by atoms with Crippen LogP contribution in [0.1, 0.15) is 64.6 Å². The van der Waals surface area contributed by atoms with E-state index in [1.165, 1.54) is 4.57 Å². The summed E-state index contributed by atoms with van der Waals surface area (Å²) in [5, 5.41) is 0. The van der Waals surface area contributed by atoms with Crippen molar-refractivity contribution in [1.29, 1.82) is 0 Å². The van der Waals surface area contributed by atoms with E-state index >= 15 is 0 Å². The van der Waals surface area contributed by atoms with E-state index in [-0.39, 0.29) is 5.82 Å². The molecule has 1 unspecified atom stereocenters. The molecule has 0 radical (unpaired) electrons. The lowest BCUT2D eigenvalue weighted by Crippen LogP contribution is -2.30. The number of carbonyl (C=O) groups excluding carboxylic acids is 2. The lowest BCUT2D eigenvalue weighted by Gasteiger charge is -2.24. The van der Waals surface area contributed by atoms with Gasteiger partial charge in [0.1, 0.15) is 11.2 Å². The molecule has 2 aromatic carbocycles. The van der Waals surface area contributed by atoms with Gasteiger partial charge in [-0.3, -0.25) is 0 Å². The van der Waals surface area contributed by atoms with Crippen LogP contribution in [0.3, 0.4) is 0 Å². The fourth-order valence-corrected chi connectivity index (χ4v) is 3.15. The number of imidazole rings is 1.